The normalized spacial score (nSPS) is 32.5. The third-order valence-electron chi connectivity index (χ3n) is 5.76. The molecule has 1 aliphatic carbocycles. The second kappa shape index (κ2) is 4.58. The van der Waals surface area contributed by atoms with Crippen LogP contribution in [0.4, 0.5) is 0 Å². The minimum absolute atomic E-state index is 0.369. The summed E-state index contributed by atoms with van der Waals surface area (Å²) in [5.41, 5.74) is 3.18. The third-order valence-corrected chi connectivity index (χ3v) is 5.76. The first-order valence-corrected chi connectivity index (χ1v) is 8.56. The lowest BCUT2D eigenvalue weighted by Gasteiger charge is -2.40. The summed E-state index contributed by atoms with van der Waals surface area (Å²) in [5.74, 6) is 1.12. The summed E-state index contributed by atoms with van der Waals surface area (Å²) in [6.07, 6.45) is 4.01. The van der Waals surface area contributed by atoms with Crippen molar-refractivity contribution in [3.05, 3.63) is 30.1 Å². The molecule has 2 aromatic rings. The van der Waals surface area contributed by atoms with Crippen LogP contribution in [0.15, 0.2) is 24.3 Å². The van der Waals surface area contributed by atoms with Crippen molar-refractivity contribution in [3.63, 3.8) is 0 Å². The number of hydrogen-bond acceptors (Lipinski definition) is 2. The largest absolute Gasteiger partial charge is 0.341 e. The fourth-order valence-electron chi connectivity index (χ4n) is 5.28. The molecule has 4 rings (SSSR count). The van der Waals surface area contributed by atoms with Crippen molar-refractivity contribution in [2.24, 2.45) is 10.8 Å². The molecule has 0 radical (unpaired) electrons. The molecule has 2 fully saturated rings. The molecule has 1 aliphatic heterocycles. The quantitative estimate of drug-likeness (QED) is 0.883. The van der Waals surface area contributed by atoms with Gasteiger partial charge in [0.25, 0.3) is 0 Å². The molecule has 3 atom stereocenters. The molecule has 118 valence electrons. The molecule has 2 heterocycles. The van der Waals surface area contributed by atoms with E-state index in [1.165, 1.54) is 25.8 Å². The lowest BCUT2D eigenvalue weighted by atomic mass is 9.65. The summed E-state index contributed by atoms with van der Waals surface area (Å²) in [4.78, 5) is 11.1. The number of aromatic amines is 1. The Hall–Kier alpha value is -1.35. The summed E-state index contributed by atoms with van der Waals surface area (Å²) < 4.78 is 0. The maximum atomic E-state index is 4.83. The van der Waals surface area contributed by atoms with E-state index in [0.29, 0.717) is 22.9 Å². The zero-order chi connectivity index (χ0) is 15.5. The van der Waals surface area contributed by atoms with Gasteiger partial charge in [-0.1, -0.05) is 32.9 Å². The van der Waals surface area contributed by atoms with Crippen molar-refractivity contribution in [1.29, 1.82) is 0 Å². The summed E-state index contributed by atoms with van der Waals surface area (Å²) in [6, 6.07) is 9.41. The fourth-order valence-corrected chi connectivity index (χ4v) is 5.28. The summed E-state index contributed by atoms with van der Waals surface area (Å²) in [7, 11) is 0. The van der Waals surface area contributed by atoms with Gasteiger partial charge in [-0.15, -0.1) is 0 Å². The SMILES string of the molecule is CC(c1nc2ccccc2[nH]1)N1CC2(C)CC1CC(C)(C)C2. The number of nitrogens with one attached hydrogen (secondary N) is 1. The highest BCUT2D eigenvalue weighted by Gasteiger charge is 2.50. The van der Waals surface area contributed by atoms with Crippen molar-refractivity contribution in [2.75, 3.05) is 6.54 Å². The van der Waals surface area contributed by atoms with Gasteiger partial charge >= 0.3 is 0 Å². The van der Waals surface area contributed by atoms with E-state index in [1.54, 1.807) is 0 Å². The molecule has 3 nitrogen and oxygen atoms in total. The molecule has 1 saturated heterocycles. The molecule has 2 aliphatic rings. The number of para-hydroxylation sites is 2. The van der Waals surface area contributed by atoms with Gasteiger partial charge in [0.05, 0.1) is 17.1 Å². The Balaban J connectivity index is 1.64. The topological polar surface area (TPSA) is 31.9 Å². The molecule has 3 heteroatoms. The van der Waals surface area contributed by atoms with Crippen molar-refractivity contribution >= 4 is 11.0 Å². The van der Waals surface area contributed by atoms with Crippen LogP contribution in [0, 0.1) is 10.8 Å². The standard InChI is InChI=1S/C19H27N3/c1-13(17-20-15-7-5-6-8-16(15)21-17)22-12-19(4)10-14(22)9-18(2,3)11-19/h5-8,13-14H,9-12H2,1-4H3,(H,20,21). The van der Waals surface area contributed by atoms with Gasteiger partial charge in [0.15, 0.2) is 0 Å². The Morgan fingerprint density at radius 2 is 2.00 bits per heavy atom. The number of aromatic nitrogens is 2. The van der Waals surface area contributed by atoms with Gasteiger partial charge in [0.1, 0.15) is 5.82 Å². The third kappa shape index (κ3) is 2.26. The van der Waals surface area contributed by atoms with Crippen LogP contribution >= 0.6 is 0 Å². The highest BCUT2D eigenvalue weighted by Crippen LogP contribution is 2.54. The van der Waals surface area contributed by atoms with Crippen LogP contribution in [0.2, 0.25) is 0 Å². The van der Waals surface area contributed by atoms with E-state index in [1.807, 2.05) is 0 Å². The van der Waals surface area contributed by atoms with E-state index in [0.717, 1.165) is 16.9 Å². The van der Waals surface area contributed by atoms with E-state index in [9.17, 15) is 0 Å². The molecular weight excluding hydrogens is 270 g/mol. The average Bonchev–Trinajstić information content (AvgIpc) is 2.95. The van der Waals surface area contributed by atoms with Crippen LogP contribution in [0.25, 0.3) is 11.0 Å². The molecular formula is C19H27N3. The monoisotopic (exact) mass is 297 g/mol. The lowest BCUT2D eigenvalue weighted by Crippen LogP contribution is -2.36. The van der Waals surface area contributed by atoms with E-state index < -0.39 is 0 Å². The molecule has 1 N–H and O–H groups in total. The fraction of sp³-hybridized carbons (Fsp3) is 0.632. The number of H-pyrrole nitrogens is 1. The number of likely N-dealkylation sites (tertiary alicyclic amines) is 1. The van der Waals surface area contributed by atoms with E-state index >= 15 is 0 Å². The molecule has 22 heavy (non-hydrogen) atoms. The number of benzene rings is 1. The van der Waals surface area contributed by atoms with Crippen molar-refractivity contribution < 1.29 is 0 Å². The van der Waals surface area contributed by atoms with Crippen molar-refractivity contribution in [1.82, 2.24) is 14.9 Å². The maximum absolute atomic E-state index is 4.83. The summed E-state index contributed by atoms with van der Waals surface area (Å²) >= 11 is 0. The predicted octanol–water partition coefficient (Wildman–Crippen LogP) is 4.52. The molecule has 2 bridgehead atoms. The molecule has 1 aromatic heterocycles. The van der Waals surface area contributed by atoms with Gasteiger partial charge in [-0.05, 0) is 49.1 Å². The smallest absolute Gasteiger partial charge is 0.124 e. The van der Waals surface area contributed by atoms with E-state index in [-0.39, 0.29) is 0 Å². The second-order valence-corrected chi connectivity index (χ2v) is 8.70. The second-order valence-electron chi connectivity index (χ2n) is 8.70. The Morgan fingerprint density at radius 3 is 2.77 bits per heavy atom. The molecule has 3 unspecified atom stereocenters. The van der Waals surface area contributed by atoms with E-state index in [2.05, 4.69) is 61.8 Å². The molecule has 0 amide bonds. The minimum Gasteiger partial charge on any atom is -0.341 e. The summed E-state index contributed by atoms with van der Waals surface area (Å²) in [6.45, 7) is 10.9. The van der Waals surface area contributed by atoms with Crippen LogP contribution in [0.1, 0.15) is 58.8 Å². The Kier molecular flexibility index (Phi) is 2.96. The lowest BCUT2D eigenvalue weighted by molar-refractivity contribution is 0.118. The van der Waals surface area contributed by atoms with Gasteiger partial charge < -0.3 is 4.98 Å². The zero-order valence-corrected chi connectivity index (χ0v) is 14.2. The first-order valence-electron chi connectivity index (χ1n) is 8.56. The minimum atomic E-state index is 0.369. The molecule has 1 aromatic carbocycles. The zero-order valence-electron chi connectivity index (χ0n) is 14.2. The number of rotatable bonds is 2. The summed E-state index contributed by atoms with van der Waals surface area (Å²) in [5, 5.41) is 0. The van der Waals surface area contributed by atoms with Gasteiger partial charge in [0.2, 0.25) is 0 Å². The first kappa shape index (κ1) is 14.3. The van der Waals surface area contributed by atoms with Crippen molar-refractivity contribution in [2.45, 2.75) is 59.0 Å². The predicted molar refractivity (Wildman–Crippen MR) is 90.7 cm³/mol. The van der Waals surface area contributed by atoms with E-state index in [4.69, 9.17) is 4.98 Å². The number of imidazole rings is 1. The Morgan fingerprint density at radius 1 is 1.23 bits per heavy atom. The van der Waals surface area contributed by atoms with Crippen LogP contribution < -0.4 is 0 Å². The van der Waals surface area contributed by atoms with Crippen molar-refractivity contribution in [3.8, 4) is 0 Å². The Labute approximate surface area is 133 Å². The van der Waals surface area contributed by atoms with Gasteiger partial charge in [0, 0.05) is 12.6 Å². The number of fused-ring (bicyclic) bond motifs is 3. The highest BCUT2D eigenvalue weighted by molar-refractivity contribution is 5.74. The van der Waals surface area contributed by atoms with Crippen LogP contribution in [0.5, 0.6) is 0 Å². The Bertz CT molecular complexity index is 669. The number of hydrogen-bond donors (Lipinski definition) is 1. The van der Waals surface area contributed by atoms with Crippen LogP contribution in [-0.4, -0.2) is 27.5 Å². The van der Waals surface area contributed by atoms with Gasteiger partial charge in [-0.2, -0.15) is 0 Å². The maximum Gasteiger partial charge on any atom is 0.124 e. The molecule has 0 spiro atoms. The first-order chi connectivity index (χ1) is 10.4. The van der Waals surface area contributed by atoms with Gasteiger partial charge in [-0.3, -0.25) is 4.90 Å². The average molecular weight is 297 g/mol. The van der Waals surface area contributed by atoms with Gasteiger partial charge in [-0.25, -0.2) is 4.98 Å². The van der Waals surface area contributed by atoms with Crippen LogP contribution in [-0.2, 0) is 0 Å². The highest BCUT2D eigenvalue weighted by atomic mass is 15.2. The molecule has 1 saturated carbocycles. The number of nitrogens with zero attached hydrogens (tertiary/aromatic N) is 2. The van der Waals surface area contributed by atoms with Crippen LogP contribution in [0.3, 0.4) is 0 Å².